The fourth-order valence-corrected chi connectivity index (χ4v) is 10.6. The molecule has 270 valence electrons. The molecule has 2 fully saturated rings. The molecule has 50 heavy (non-hydrogen) atoms. The Hall–Kier alpha value is -3.60. The molecule has 2 saturated heterocycles. The van der Waals surface area contributed by atoms with Crippen LogP contribution in [0.3, 0.4) is 0 Å². The van der Waals surface area contributed by atoms with Crippen molar-refractivity contribution in [3.63, 3.8) is 0 Å². The van der Waals surface area contributed by atoms with E-state index in [2.05, 4.69) is 32.9 Å². The van der Waals surface area contributed by atoms with E-state index in [1.807, 2.05) is 55.5 Å². The molecule has 2 aromatic carbocycles. The zero-order chi connectivity index (χ0) is 36.2. The molecule has 5 rings (SSSR count). The van der Waals surface area contributed by atoms with Gasteiger partial charge in [0.1, 0.15) is 0 Å². The molecule has 4 atom stereocenters. The maximum absolute atomic E-state index is 16.5. The van der Waals surface area contributed by atoms with E-state index in [9.17, 15) is 19.5 Å². The van der Waals surface area contributed by atoms with Gasteiger partial charge < -0.3 is 28.7 Å². The highest BCUT2D eigenvalue weighted by Gasteiger charge is 2.67. The fraction of sp³-hybridized carbons (Fsp3) is 0.525. The van der Waals surface area contributed by atoms with E-state index in [4.69, 9.17) is 4.74 Å². The first-order valence-electron chi connectivity index (χ1n) is 18.1. The Bertz CT molecular complexity index is 1620. The topological polar surface area (TPSA) is 90.4 Å². The predicted molar refractivity (Wildman–Crippen MR) is 199 cm³/mol. The Labute approximate surface area is 298 Å². The van der Waals surface area contributed by atoms with Crippen molar-refractivity contribution in [1.29, 1.82) is 0 Å². The summed E-state index contributed by atoms with van der Waals surface area (Å²) in [5.74, 6) is -1.04. The summed E-state index contributed by atoms with van der Waals surface area (Å²) in [5.41, 5.74) is 3.21. The minimum Gasteiger partial charge on any atom is -0.395 e. The summed E-state index contributed by atoms with van der Waals surface area (Å²) >= 11 is 0. The molecule has 1 spiro atoms. The highest BCUT2D eigenvalue weighted by atomic mass is 28.4. The maximum Gasteiger partial charge on any atom is 0.264 e. The quantitative estimate of drug-likeness (QED) is 0.133. The average Bonchev–Trinajstić information content (AvgIpc) is 3.49. The molecule has 10 heteroatoms. The standard InChI is InChI=1S/C40H54FN3O5Si/c1-28(2)13-12-14-29(3)20-22-44-34-19-18-32(43-21-11-10-17-36(43)46)25-33(34)40(39(44)48)30(4)38(50(5,6)41)35(49-40)26-37(47)42(23-24-45)27-31-15-8-7-9-16-31/h7-9,13,15-16,18-20,25,30,35,38,45H,10-12,14,17,21-24,26-27H2,1-6H3/b29-20+/t30-,35+,38-,40+/m1/s1. The molecule has 0 saturated carbocycles. The number of hydrogen-bond acceptors (Lipinski definition) is 5. The van der Waals surface area contributed by atoms with Gasteiger partial charge >= 0.3 is 0 Å². The van der Waals surface area contributed by atoms with Gasteiger partial charge in [-0.15, -0.1) is 0 Å². The van der Waals surface area contributed by atoms with Crippen LogP contribution in [0, 0.1) is 5.92 Å². The van der Waals surface area contributed by atoms with Gasteiger partial charge in [0, 0.05) is 55.3 Å². The molecule has 0 aliphatic carbocycles. The number of aliphatic hydroxyl groups is 1. The van der Waals surface area contributed by atoms with Gasteiger partial charge in [-0.1, -0.05) is 60.6 Å². The molecule has 2 aromatic rings. The summed E-state index contributed by atoms with van der Waals surface area (Å²) in [6.07, 6.45) is 7.31. The number of benzene rings is 2. The highest BCUT2D eigenvalue weighted by Crippen LogP contribution is 2.60. The van der Waals surface area contributed by atoms with Gasteiger partial charge in [0.2, 0.25) is 20.2 Å². The largest absolute Gasteiger partial charge is 0.395 e. The second kappa shape index (κ2) is 15.7. The van der Waals surface area contributed by atoms with Crippen molar-refractivity contribution in [2.45, 2.75) is 103 Å². The third-order valence-electron chi connectivity index (χ3n) is 10.6. The fourth-order valence-electron chi connectivity index (χ4n) is 8.12. The molecular weight excluding hydrogens is 650 g/mol. The zero-order valence-corrected chi connectivity index (χ0v) is 31.6. The number of amides is 3. The van der Waals surface area contributed by atoms with Crippen molar-refractivity contribution in [2.24, 2.45) is 5.92 Å². The van der Waals surface area contributed by atoms with Gasteiger partial charge in [-0.2, -0.15) is 0 Å². The van der Waals surface area contributed by atoms with E-state index in [-0.39, 0.29) is 37.3 Å². The van der Waals surface area contributed by atoms with Crippen LogP contribution in [0.25, 0.3) is 0 Å². The van der Waals surface area contributed by atoms with E-state index in [0.29, 0.717) is 43.0 Å². The molecule has 0 aromatic heterocycles. The van der Waals surface area contributed by atoms with Crippen LogP contribution in [0.1, 0.15) is 77.3 Å². The Morgan fingerprint density at radius 1 is 1.10 bits per heavy atom. The number of carbonyl (C=O) groups is 3. The average molecular weight is 704 g/mol. The summed E-state index contributed by atoms with van der Waals surface area (Å²) in [4.78, 5) is 46.9. The van der Waals surface area contributed by atoms with Crippen LogP contribution in [0.5, 0.6) is 0 Å². The molecule has 0 radical (unpaired) electrons. The molecule has 0 unspecified atom stereocenters. The summed E-state index contributed by atoms with van der Waals surface area (Å²) in [5, 5.41) is 9.84. The number of hydrogen-bond donors (Lipinski definition) is 1. The van der Waals surface area contributed by atoms with Crippen molar-refractivity contribution >= 4 is 37.5 Å². The minimum absolute atomic E-state index is 0.0442. The van der Waals surface area contributed by atoms with Crippen LogP contribution in [0.2, 0.25) is 18.6 Å². The number of ether oxygens (including phenoxy) is 1. The molecule has 3 heterocycles. The lowest BCUT2D eigenvalue weighted by molar-refractivity contribution is -0.149. The van der Waals surface area contributed by atoms with Crippen LogP contribution in [0.15, 0.2) is 71.8 Å². The van der Waals surface area contributed by atoms with Crippen LogP contribution in [-0.4, -0.2) is 68.5 Å². The second-order valence-corrected chi connectivity index (χ2v) is 18.8. The number of fused-ring (bicyclic) bond motifs is 2. The minimum atomic E-state index is -3.53. The van der Waals surface area contributed by atoms with Gasteiger partial charge in [-0.3, -0.25) is 14.4 Å². The monoisotopic (exact) mass is 703 g/mol. The van der Waals surface area contributed by atoms with Gasteiger partial charge in [-0.25, -0.2) is 0 Å². The van der Waals surface area contributed by atoms with Gasteiger partial charge in [0.25, 0.3) is 5.91 Å². The lowest BCUT2D eigenvalue weighted by Gasteiger charge is -2.32. The van der Waals surface area contributed by atoms with Crippen LogP contribution in [0.4, 0.5) is 15.5 Å². The number of piperidine rings is 1. The van der Waals surface area contributed by atoms with Gasteiger partial charge in [0.15, 0.2) is 5.60 Å². The Morgan fingerprint density at radius 2 is 1.84 bits per heavy atom. The van der Waals surface area contributed by atoms with Crippen molar-refractivity contribution < 1.29 is 28.3 Å². The molecule has 8 nitrogen and oxygen atoms in total. The zero-order valence-electron chi connectivity index (χ0n) is 30.6. The molecule has 3 amide bonds. The SMILES string of the molecule is CC(C)=CCC/C(C)=C/CN1C(=O)[C@@]2(O[C@@H](CC(=O)N(CCO)Cc3ccccc3)[C@H]([Si](C)(C)F)[C@H]2C)c2cc(N3CCCCC3=O)ccc21. The van der Waals surface area contributed by atoms with Crippen LogP contribution < -0.4 is 9.80 Å². The first-order chi connectivity index (χ1) is 23.8. The summed E-state index contributed by atoms with van der Waals surface area (Å²) in [6.45, 7) is 12.5. The van der Waals surface area contributed by atoms with E-state index >= 15 is 4.11 Å². The van der Waals surface area contributed by atoms with Crippen molar-refractivity contribution in [1.82, 2.24) is 4.90 Å². The Balaban J connectivity index is 1.53. The Kier molecular flexibility index (Phi) is 11.9. The summed E-state index contributed by atoms with van der Waals surface area (Å²) in [6, 6.07) is 15.2. The molecular formula is C40H54FN3O5Si. The highest BCUT2D eigenvalue weighted by molar-refractivity contribution is 6.72. The normalized spacial score (nSPS) is 23.8. The van der Waals surface area contributed by atoms with E-state index in [1.54, 1.807) is 27.8 Å². The number of allylic oxidation sites excluding steroid dienone is 3. The predicted octanol–water partition coefficient (Wildman–Crippen LogP) is 7.43. The van der Waals surface area contributed by atoms with E-state index in [0.717, 1.165) is 36.8 Å². The third-order valence-corrected chi connectivity index (χ3v) is 13.1. The van der Waals surface area contributed by atoms with Gasteiger partial charge in [-0.05, 0) is 83.3 Å². The lowest BCUT2D eigenvalue weighted by Crippen LogP contribution is -2.45. The lowest BCUT2D eigenvalue weighted by atomic mass is 9.82. The number of halogens is 1. The number of carbonyl (C=O) groups excluding carboxylic acids is 3. The number of rotatable bonds is 13. The van der Waals surface area contributed by atoms with E-state index in [1.165, 1.54) is 5.57 Å². The maximum atomic E-state index is 16.5. The second-order valence-electron chi connectivity index (χ2n) is 15.0. The number of nitrogens with zero attached hydrogens (tertiary/aromatic N) is 3. The molecule has 1 N–H and O–H groups in total. The summed E-state index contributed by atoms with van der Waals surface area (Å²) in [7, 11) is -3.53. The smallest absolute Gasteiger partial charge is 0.264 e. The number of anilines is 2. The first-order valence-corrected chi connectivity index (χ1v) is 21.1. The Morgan fingerprint density at radius 3 is 2.50 bits per heavy atom. The van der Waals surface area contributed by atoms with Crippen LogP contribution in [-0.2, 0) is 31.3 Å². The van der Waals surface area contributed by atoms with Crippen LogP contribution >= 0.6 is 0 Å². The van der Waals surface area contributed by atoms with Crippen molar-refractivity contribution in [3.05, 3.63) is 83.0 Å². The van der Waals surface area contributed by atoms with Crippen molar-refractivity contribution in [2.75, 3.05) is 36.0 Å². The first kappa shape index (κ1) is 37.6. The summed E-state index contributed by atoms with van der Waals surface area (Å²) < 4.78 is 23.4. The molecule has 3 aliphatic heterocycles. The molecule has 0 bridgehead atoms. The molecule has 3 aliphatic rings. The number of aliphatic hydroxyl groups excluding tert-OH is 1. The van der Waals surface area contributed by atoms with Crippen molar-refractivity contribution in [3.8, 4) is 0 Å². The van der Waals surface area contributed by atoms with E-state index < -0.39 is 31.6 Å². The van der Waals surface area contributed by atoms with Gasteiger partial charge in [0.05, 0.1) is 24.8 Å². The third kappa shape index (κ3) is 7.82.